The van der Waals surface area contributed by atoms with E-state index in [2.05, 4.69) is 10.3 Å². The highest BCUT2D eigenvalue weighted by atomic mass is 32.1. The van der Waals surface area contributed by atoms with Gasteiger partial charge in [0.1, 0.15) is 5.75 Å². The van der Waals surface area contributed by atoms with Crippen molar-refractivity contribution in [2.45, 2.75) is 38.5 Å². The second-order valence-electron chi connectivity index (χ2n) is 5.46. The van der Waals surface area contributed by atoms with Gasteiger partial charge in [-0.25, -0.2) is 4.98 Å². The third kappa shape index (κ3) is 3.47. The van der Waals surface area contributed by atoms with E-state index in [1.54, 1.807) is 18.4 Å². The van der Waals surface area contributed by atoms with E-state index in [4.69, 9.17) is 4.74 Å². The van der Waals surface area contributed by atoms with Gasteiger partial charge < -0.3 is 10.1 Å². The van der Waals surface area contributed by atoms with Gasteiger partial charge in [0.2, 0.25) is 5.91 Å². The Morgan fingerprint density at radius 2 is 2.14 bits per heavy atom. The van der Waals surface area contributed by atoms with Crippen LogP contribution >= 0.6 is 11.3 Å². The number of carbonyl (C=O) groups excluding carboxylic acids is 1. The van der Waals surface area contributed by atoms with E-state index in [-0.39, 0.29) is 5.91 Å². The third-order valence-corrected chi connectivity index (χ3v) is 4.98. The van der Waals surface area contributed by atoms with Crippen LogP contribution < -0.4 is 10.1 Å². The molecule has 0 saturated carbocycles. The second kappa shape index (κ2) is 6.92. The van der Waals surface area contributed by atoms with Crippen LogP contribution in [0.1, 0.15) is 35.4 Å². The summed E-state index contributed by atoms with van der Waals surface area (Å²) in [6, 6.07) is 7.81. The van der Waals surface area contributed by atoms with Gasteiger partial charge in [-0.2, -0.15) is 0 Å². The molecule has 4 nitrogen and oxygen atoms in total. The van der Waals surface area contributed by atoms with Gasteiger partial charge >= 0.3 is 0 Å². The van der Waals surface area contributed by atoms with Gasteiger partial charge in [0, 0.05) is 11.3 Å². The number of aromatic nitrogens is 1. The zero-order valence-electron chi connectivity index (χ0n) is 12.7. The predicted octanol–water partition coefficient (Wildman–Crippen LogP) is 3.60. The maximum atomic E-state index is 12.1. The average molecular weight is 316 g/mol. The van der Waals surface area contributed by atoms with Crippen molar-refractivity contribution in [1.82, 2.24) is 4.98 Å². The number of benzene rings is 1. The molecule has 22 heavy (non-hydrogen) atoms. The quantitative estimate of drug-likeness (QED) is 0.917. The predicted molar refractivity (Wildman–Crippen MR) is 88.7 cm³/mol. The topological polar surface area (TPSA) is 51.2 Å². The Kier molecular flexibility index (Phi) is 4.73. The smallest absolute Gasteiger partial charge is 0.226 e. The largest absolute Gasteiger partial charge is 0.496 e. The van der Waals surface area contributed by atoms with E-state index in [0.717, 1.165) is 29.3 Å². The highest BCUT2D eigenvalue weighted by Crippen LogP contribution is 2.29. The Hall–Kier alpha value is -1.88. The van der Waals surface area contributed by atoms with Crippen LogP contribution in [0.2, 0.25) is 0 Å². The molecule has 5 heteroatoms. The fraction of sp³-hybridized carbons (Fsp3) is 0.412. The number of fused-ring (bicyclic) bond motifs is 1. The van der Waals surface area contributed by atoms with Gasteiger partial charge in [-0.15, -0.1) is 11.3 Å². The zero-order chi connectivity index (χ0) is 15.4. The molecule has 1 aliphatic carbocycles. The van der Waals surface area contributed by atoms with Crippen molar-refractivity contribution in [3.63, 3.8) is 0 Å². The summed E-state index contributed by atoms with van der Waals surface area (Å²) < 4.78 is 5.31. The summed E-state index contributed by atoms with van der Waals surface area (Å²) in [5.41, 5.74) is 2.23. The standard InChI is InChI=1S/C17H20N2O2S/c1-21-14-8-4-2-6-12(14)10-11-16(20)19-17-18-13-7-3-5-9-15(13)22-17/h2,4,6,8H,3,5,7,9-11H2,1H3,(H,18,19,20). The highest BCUT2D eigenvalue weighted by Gasteiger charge is 2.16. The molecule has 1 heterocycles. The molecule has 1 aromatic heterocycles. The van der Waals surface area contributed by atoms with Crippen molar-refractivity contribution >= 4 is 22.4 Å². The molecule has 116 valence electrons. The Labute approximate surface area is 134 Å². The van der Waals surface area contributed by atoms with Crippen molar-refractivity contribution in [3.05, 3.63) is 40.4 Å². The molecule has 1 amide bonds. The van der Waals surface area contributed by atoms with Crippen LogP contribution in [-0.2, 0) is 24.1 Å². The Morgan fingerprint density at radius 1 is 1.32 bits per heavy atom. The number of hydrogen-bond donors (Lipinski definition) is 1. The summed E-state index contributed by atoms with van der Waals surface area (Å²) >= 11 is 1.63. The first-order chi connectivity index (χ1) is 10.8. The summed E-state index contributed by atoms with van der Waals surface area (Å²) in [7, 11) is 1.65. The molecule has 0 atom stereocenters. The van der Waals surface area contributed by atoms with E-state index in [1.807, 2.05) is 24.3 Å². The Morgan fingerprint density at radius 3 is 2.95 bits per heavy atom. The molecule has 0 bridgehead atoms. The molecule has 1 aromatic carbocycles. The first-order valence-corrected chi connectivity index (χ1v) is 8.48. The van der Waals surface area contributed by atoms with Gasteiger partial charge in [0.05, 0.1) is 12.8 Å². The maximum absolute atomic E-state index is 12.1. The molecule has 0 radical (unpaired) electrons. The number of amides is 1. The van der Waals surface area contributed by atoms with E-state index in [9.17, 15) is 4.79 Å². The van der Waals surface area contributed by atoms with Gasteiger partial charge in [-0.3, -0.25) is 4.79 Å². The molecule has 0 aliphatic heterocycles. The lowest BCUT2D eigenvalue weighted by Crippen LogP contribution is -2.12. The van der Waals surface area contributed by atoms with E-state index >= 15 is 0 Å². The number of carbonyl (C=O) groups is 1. The number of rotatable bonds is 5. The molecule has 1 N–H and O–H groups in total. The van der Waals surface area contributed by atoms with Gasteiger partial charge in [0.25, 0.3) is 0 Å². The van der Waals surface area contributed by atoms with Crippen LogP contribution in [0.25, 0.3) is 0 Å². The van der Waals surface area contributed by atoms with E-state index < -0.39 is 0 Å². The normalized spacial score (nSPS) is 13.5. The zero-order valence-corrected chi connectivity index (χ0v) is 13.5. The Bertz CT molecular complexity index is 643. The molecule has 0 spiro atoms. The average Bonchev–Trinajstić information content (AvgIpc) is 2.95. The summed E-state index contributed by atoms with van der Waals surface area (Å²) in [6.45, 7) is 0. The van der Waals surface area contributed by atoms with Crippen molar-refractivity contribution < 1.29 is 9.53 Å². The van der Waals surface area contributed by atoms with Crippen LogP contribution in [0, 0.1) is 0 Å². The highest BCUT2D eigenvalue weighted by molar-refractivity contribution is 7.15. The minimum Gasteiger partial charge on any atom is -0.496 e. The van der Waals surface area contributed by atoms with Gasteiger partial charge in [-0.1, -0.05) is 18.2 Å². The number of nitrogens with zero attached hydrogens (tertiary/aromatic N) is 1. The van der Waals surface area contributed by atoms with E-state index in [0.29, 0.717) is 12.8 Å². The van der Waals surface area contributed by atoms with Crippen LogP contribution in [0.3, 0.4) is 0 Å². The third-order valence-electron chi connectivity index (χ3n) is 3.91. The number of methoxy groups -OCH3 is 1. The molecular formula is C17H20N2O2S. The summed E-state index contributed by atoms with van der Waals surface area (Å²) in [6.07, 6.45) is 5.69. The lowest BCUT2D eigenvalue weighted by molar-refractivity contribution is -0.116. The first kappa shape index (κ1) is 15.0. The lowest BCUT2D eigenvalue weighted by atomic mass is 10.0. The minimum atomic E-state index is 0.0111. The number of ether oxygens (including phenoxy) is 1. The first-order valence-electron chi connectivity index (χ1n) is 7.66. The minimum absolute atomic E-state index is 0.0111. The molecule has 2 aromatic rings. The maximum Gasteiger partial charge on any atom is 0.226 e. The molecule has 0 saturated heterocycles. The summed E-state index contributed by atoms with van der Waals surface area (Å²) in [5.74, 6) is 0.844. The fourth-order valence-electron chi connectivity index (χ4n) is 2.74. The van der Waals surface area contributed by atoms with Crippen LogP contribution in [-0.4, -0.2) is 18.0 Å². The van der Waals surface area contributed by atoms with Crippen LogP contribution in [0.4, 0.5) is 5.13 Å². The van der Waals surface area contributed by atoms with Crippen molar-refractivity contribution in [2.24, 2.45) is 0 Å². The number of thiazole rings is 1. The number of nitrogens with one attached hydrogen (secondary N) is 1. The lowest BCUT2D eigenvalue weighted by Gasteiger charge is -2.07. The second-order valence-corrected chi connectivity index (χ2v) is 6.54. The van der Waals surface area contributed by atoms with Gasteiger partial charge in [-0.05, 0) is 43.7 Å². The number of para-hydroxylation sites is 1. The Balaban J connectivity index is 1.57. The number of aryl methyl sites for hydroxylation is 3. The van der Waals surface area contributed by atoms with E-state index in [1.165, 1.54) is 23.4 Å². The summed E-state index contributed by atoms with van der Waals surface area (Å²) in [4.78, 5) is 18.0. The molecule has 0 unspecified atom stereocenters. The van der Waals surface area contributed by atoms with Crippen LogP contribution in [0.5, 0.6) is 5.75 Å². The molecule has 1 aliphatic rings. The fourth-order valence-corrected chi connectivity index (χ4v) is 3.81. The number of hydrogen-bond acceptors (Lipinski definition) is 4. The monoisotopic (exact) mass is 316 g/mol. The molecular weight excluding hydrogens is 296 g/mol. The van der Waals surface area contributed by atoms with Gasteiger partial charge in [0.15, 0.2) is 5.13 Å². The SMILES string of the molecule is COc1ccccc1CCC(=O)Nc1nc2c(s1)CCCC2. The summed E-state index contributed by atoms with van der Waals surface area (Å²) in [5, 5.41) is 3.68. The van der Waals surface area contributed by atoms with Crippen molar-refractivity contribution in [3.8, 4) is 5.75 Å². The molecule has 0 fully saturated rings. The number of anilines is 1. The van der Waals surface area contributed by atoms with Crippen molar-refractivity contribution in [2.75, 3.05) is 12.4 Å². The van der Waals surface area contributed by atoms with Crippen molar-refractivity contribution in [1.29, 1.82) is 0 Å². The van der Waals surface area contributed by atoms with Crippen LogP contribution in [0.15, 0.2) is 24.3 Å². The molecule has 3 rings (SSSR count).